The Morgan fingerprint density at radius 3 is 2.38 bits per heavy atom. The molecule has 4 fully saturated rings. The van der Waals surface area contributed by atoms with Gasteiger partial charge in [0.25, 0.3) is 0 Å². The maximum Gasteiger partial charge on any atom is 0.303 e. The molecule has 8 atom stereocenters. The van der Waals surface area contributed by atoms with Gasteiger partial charge < -0.3 is 9.47 Å². The lowest BCUT2D eigenvalue weighted by Crippen LogP contribution is -2.61. The molecule has 0 radical (unpaired) electrons. The van der Waals surface area contributed by atoms with E-state index in [-0.39, 0.29) is 71.0 Å². The summed E-state index contributed by atoms with van der Waals surface area (Å²) in [5.41, 5.74) is -0.862. The Bertz CT molecular complexity index is 862. The van der Waals surface area contributed by atoms with E-state index >= 15 is 0 Å². The fraction of sp³-hybridized carbons (Fsp3) is 0.800. The van der Waals surface area contributed by atoms with Gasteiger partial charge in [0.05, 0.1) is 0 Å². The minimum atomic E-state index is -0.486. The average Bonchev–Trinajstić information content (AvgIpc) is 3.03. The Kier molecular flexibility index (Phi) is 5.83. The van der Waals surface area contributed by atoms with Crippen molar-refractivity contribution in [2.75, 3.05) is 6.61 Å². The minimum Gasteiger partial charge on any atom is -0.462 e. The van der Waals surface area contributed by atoms with Crippen LogP contribution in [0.3, 0.4) is 0 Å². The summed E-state index contributed by atoms with van der Waals surface area (Å²) in [5.74, 6) is -1.06. The molecular formula is C25H34O7. The molecule has 0 heterocycles. The predicted molar refractivity (Wildman–Crippen MR) is 113 cm³/mol. The SMILES string of the molecule is CC(=O)OCC(=O)[C@H]1CC[C@H]2[C@@H]3CC(OC(C)=O)C4CC(=O)CC[C@]4(C)[C@H]3C(=O)C[C@]12C. The van der Waals surface area contributed by atoms with Gasteiger partial charge in [-0.05, 0) is 48.3 Å². The molecule has 176 valence electrons. The summed E-state index contributed by atoms with van der Waals surface area (Å²) >= 11 is 0. The first-order chi connectivity index (χ1) is 15.0. The third-order valence-electron chi connectivity index (χ3n) is 9.28. The van der Waals surface area contributed by atoms with E-state index in [1.54, 1.807) is 0 Å². The van der Waals surface area contributed by atoms with Gasteiger partial charge in [-0.25, -0.2) is 0 Å². The van der Waals surface area contributed by atoms with Crippen LogP contribution in [0.4, 0.5) is 0 Å². The van der Waals surface area contributed by atoms with E-state index in [4.69, 9.17) is 9.47 Å². The van der Waals surface area contributed by atoms with Gasteiger partial charge in [-0.3, -0.25) is 24.0 Å². The molecule has 0 aromatic heterocycles. The fourth-order valence-corrected chi connectivity index (χ4v) is 8.03. The Balaban J connectivity index is 1.66. The molecule has 2 unspecified atom stereocenters. The van der Waals surface area contributed by atoms with Crippen LogP contribution in [-0.2, 0) is 33.4 Å². The Morgan fingerprint density at radius 1 is 1.00 bits per heavy atom. The van der Waals surface area contributed by atoms with Crippen molar-refractivity contribution >= 4 is 29.3 Å². The summed E-state index contributed by atoms with van der Waals surface area (Å²) in [7, 11) is 0. The molecule has 4 saturated carbocycles. The number of hydrogen-bond acceptors (Lipinski definition) is 7. The molecule has 0 N–H and O–H groups in total. The smallest absolute Gasteiger partial charge is 0.303 e. The standard InChI is InChI=1S/C25H34O7/c1-13(26)31-12-21(30)18-6-5-17-16-10-22(32-14(2)27)19-9-15(28)7-8-24(19,3)23(16)20(29)11-25(17,18)4/h16-19,22-23H,5-12H2,1-4H3/t16-,17-,18+,19?,22?,23+,24-,25-/m0/s1. The van der Waals surface area contributed by atoms with E-state index in [0.717, 1.165) is 6.42 Å². The van der Waals surface area contributed by atoms with Crippen molar-refractivity contribution in [3.05, 3.63) is 0 Å². The van der Waals surface area contributed by atoms with Gasteiger partial charge in [0.2, 0.25) is 0 Å². The highest BCUT2D eigenvalue weighted by Crippen LogP contribution is 2.66. The maximum absolute atomic E-state index is 13.7. The van der Waals surface area contributed by atoms with Gasteiger partial charge in [-0.1, -0.05) is 13.8 Å². The predicted octanol–water partition coefficient (Wildman–Crippen LogP) is 3.07. The van der Waals surface area contributed by atoms with Crippen molar-refractivity contribution in [1.82, 2.24) is 0 Å². The first-order valence-electron chi connectivity index (χ1n) is 11.8. The third-order valence-corrected chi connectivity index (χ3v) is 9.28. The van der Waals surface area contributed by atoms with Crippen LogP contribution >= 0.6 is 0 Å². The highest BCUT2D eigenvalue weighted by molar-refractivity contribution is 5.89. The van der Waals surface area contributed by atoms with Gasteiger partial charge in [-0.2, -0.15) is 0 Å². The summed E-state index contributed by atoms with van der Waals surface area (Å²) in [6.45, 7) is 6.57. The number of carbonyl (C=O) groups excluding carboxylic acids is 5. The van der Waals surface area contributed by atoms with Crippen molar-refractivity contribution in [2.45, 2.75) is 78.7 Å². The zero-order chi connectivity index (χ0) is 23.4. The van der Waals surface area contributed by atoms with E-state index in [2.05, 4.69) is 6.92 Å². The van der Waals surface area contributed by atoms with Crippen LogP contribution in [0.2, 0.25) is 0 Å². The number of Topliss-reactive ketones (excluding diaryl/α,β-unsaturated/α-hetero) is 3. The molecule has 7 heteroatoms. The molecule has 4 aliphatic carbocycles. The number of hydrogen-bond donors (Lipinski definition) is 0. The van der Waals surface area contributed by atoms with Crippen LogP contribution in [0, 0.1) is 40.4 Å². The summed E-state index contributed by atoms with van der Waals surface area (Å²) in [5, 5.41) is 0. The van der Waals surface area contributed by atoms with Gasteiger partial charge >= 0.3 is 11.9 Å². The zero-order valence-electron chi connectivity index (χ0n) is 19.5. The Morgan fingerprint density at radius 2 is 1.72 bits per heavy atom. The van der Waals surface area contributed by atoms with Crippen molar-refractivity contribution in [2.24, 2.45) is 40.4 Å². The van der Waals surface area contributed by atoms with Crippen molar-refractivity contribution in [3.63, 3.8) is 0 Å². The van der Waals surface area contributed by atoms with Gasteiger partial charge in [-0.15, -0.1) is 0 Å². The number of carbonyl (C=O) groups is 5. The topological polar surface area (TPSA) is 104 Å². The molecule has 0 aliphatic heterocycles. The Hall–Kier alpha value is -2.05. The molecule has 4 rings (SSSR count). The largest absolute Gasteiger partial charge is 0.462 e. The van der Waals surface area contributed by atoms with Gasteiger partial charge in [0, 0.05) is 50.9 Å². The van der Waals surface area contributed by atoms with Crippen LogP contribution in [0.25, 0.3) is 0 Å². The molecule has 0 aromatic rings. The molecule has 32 heavy (non-hydrogen) atoms. The molecular weight excluding hydrogens is 412 g/mol. The van der Waals surface area contributed by atoms with Crippen LogP contribution in [0.5, 0.6) is 0 Å². The normalized spacial score (nSPS) is 43.0. The van der Waals surface area contributed by atoms with Crippen molar-refractivity contribution < 1.29 is 33.4 Å². The summed E-state index contributed by atoms with van der Waals surface area (Å²) in [6, 6.07) is 0. The monoisotopic (exact) mass is 446 g/mol. The van der Waals surface area contributed by atoms with Gasteiger partial charge in [0.1, 0.15) is 24.3 Å². The third kappa shape index (κ3) is 3.61. The first-order valence-corrected chi connectivity index (χ1v) is 11.8. The minimum absolute atomic E-state index is 0.0200. The summed E-state index contributed by atoms with van der Waals surface area (Å²) in [6.07, 6.45) is 3.48. The number of ether oxygens (including phenoxy) is 2. The quantitative estimate of drug-likeness (QED) is 0.611. The molecule has 0 bridgehead atoms. The summed E-state index contributed by atoms with van der Waals surface area (Å²) in [4.78, 5) is 62.0. The van der Waals surface area contributed by atoms with E-state index in [1.165, 1.54) is 13.8 Å². The lowest BCUT2D eigenvalue weighted by atomic mass is 9.43. The van der Waals surface area contributed by atoms with Crippen LogP contribution in [-0.4, -0.2) is 42.0 Å². The van der Waals surface area contributed by atoms with Crippen molar-refractivity contribution in [3.8, 4) is 0 Å². The molecule has 0 saturated heterocycles. The van der Waals surface area contributed by atoms with E-state index < -0.39 is 11.4 Å². The number of esters is 2. The van der Waals surface area contributed by atoms with E-state index in [9.17, 15) is 24.0 Å². The lowest BCUT2D eigenvalue weighted by molar-refractivity contribution is -0.188. The fourth-order valence-electron chi connectivity index (χ4n) is 8.03. The molecule has 4 aliphatic rings. The number of rotatable bonds is 4. The molecule has 0 aromatic carbocycles. The maximum atomic E-state index is 13.7. The van der Waals surface area contributed by atoms with Gasteiger partial charge in [0.15, 0.2) is 5.78 Å². The second-order valence-electron chi connectivity index (χ2n) is 11.0. The lowest BCUT2D eigenvalue weighted by Gasteiger charge is -2.60. The number of ketones is 3. The highest BCUT2D eigenvalue weighted by Gasteiger charge is 2.66. The van der Waals surface area contributed by atoms with Crippen molar-refractivity contribution in [1.29, 1.82) is 0 Å². The average molecular weight is 447 g/mol. The van der Waals surface area contributed by atoms with Crippen LogP contribution in [0.1, 0.15) is 72.6 Å². The van der Waals surface area contributed by atoms with E-state index in [1.807, 2.05) is 6.92 Å². The molecule has 7 nitrogen and oxygen atoms in total. The van der Waals surface area contributed by atoms with Crippen LogP contribution in [0.15, 0.2) is 0 Å². The number of fused-ring (bicyclic) bond motifs is 5. The second-order valence-corrected chi connectivity index (χ2v) is 11.0. The Labute approximate surface area is 189 Å². The zero-order valence-corrected chi connectivity index (χ0v) is 19.5. The molecule has 0 spiro atoms. The van der Waals surface area contributed by atoms with Crippen LogP contribution < -0.4 is 0 Å². The highest BCUT2D eigenvalue weighted by atomic mass is 16.5. The molecule has 0 amide bonds. The van der Waals surface area contributed by atoms with E-state index in [0.29, 0.717) is 38.5 Å². The second kappa shape index (κ2) is 8.07. The summed E-state index contributed by atoms with van der Waals surface area (Å²) < 4.78 is 10.7. The first kappa shape index (κ1) is 23.1.